The van der Waals surface area contributed by atoms with E-state index in [9.17, 15) is 9.59 Å². The largest absolute Gasteiger partial charge is 0.454 e. The summed E-state index contributed by atoms with van der Waals surface area (Å²) < 4.78 is 10.7. The maximum Gasteiger partial charge on any atom is 0.345 e. The van der Waals surface area contributed by atoms with Crippen molar-refractivity contribution in [2.45, 2.75) is 6.42 Å². The number of nitrogen functional groups attached to an aromatic ring is 1. The van der Waals surface area contributed by atoms with Gasteiger partial charge in [0.1, 0.15) is 0 Å². The summed E-state index contributed by atoms with van der Waals surface area (Å²) in [6, 6.07) is 7.04. The van der Waals surface area contributed by atoms with Gasteiger partial charge in [-0.15, -0.1) is 0 Å². The maximum absolute atomic E-state index is 12.0. The Morgan fingerprint density at radius 3 is 2.92 bits per heavy atom. The van der Waals surface area contributed by atoms with Gasteiger partial charge in [0.05, 0.1) is 21.9 Å². The van der Waals surface area contributed by atoms with E-state index in [1.807, 2.05) is 18.2 Å². The van der Waals surface area contributed by atoms with Crippen LogP contribution >= 0.6 is 11.6 Å². The molecule has 9 heteroatoms. The highest BCUT2D eigenvalue weighted by molar-refractivity contribution is 6.37. The summed E-state index contributed by atoms with van der Waals surface area (Å²) in [4.78, 5) is 29.3. The highest BCUT2D eigenvalue weighted by Gasteiger charge is 2.17. The summed E-state index contributed by atoms with van der Waals surface area (Å²) in [5.74, 6) is 1.32. The molecule has 0 spiro atoms. The number of ether oxygens (including phenoxy) is 2. The van der Waals surface area contributed by atoms with E-state index in [1.165, 1.54) is 6.07 Å². The molecule has 4 N–H and O–H groups in total. The quantitative estimate of drug-likeness (QED) is 0.476. The Labute approximate surface area is 151 Å². The van der Waals surface area contributed by atoms with Crippen LogP contribution in [0, 0.1) is 0 Å². The third-order valence-electron chi connectivity index (χ3n) is 4.09. The number of hydrogen-bond donors (Lipinski definition) is 3. The van der Waals surface area contributed by atoms with Crippen molar-refractivity contribution < 1.29 is 14.3 Å². The second-order valence-corrected chi connectivity index (χ2v) is 6.07. The molecule has 1 amide bonds. The zero-order valence-corrected chi connectivity index (χ0v) is 14.1. The topological polar surface area (TPSA) is 119 Å². The number of carbonyl (C=O) groups excluding carboxylic acids is 1. The molecule has 26 heavy (non-hydrogen) atoms. The van der Waals surface area contributed by atoms with Crippen molar-refractivity contribution in [3.63, 3.8) is 0 Å². The maximum atomic E-state index is 12.0. The Hall–Kier alpha value is -3.26. The Kier molecular flexibility index (Phi) is 3.89. The van der Waals surface area contributed by atoms with Crippen molar-refractivity contribution in [1.82, 2.24) is 9.97 Å². The second kappa shape index (κ2) is 6.23. The number of amides is 1. The van der Waals surface area contributed by atoms with Gasteiger partial charge in [-0.3, -0.25) is 4.79 Å². The van der Waals surface area contributed by atoms with Crippen LogP contribution in [0.1, 0.15) is 11.3 Å². The first-order valence-electron chi connectivity index (χ1n) is 7.66. The third kappa shape index (κ3) is 2.70. The number of anilines is 2. The molecular weight excluding hydrogens is 360 g/mol. The van der Waals surface area contributed by atoms with Crippen LogP contribution in [0.4, 0.5) is 11.4 Å². The summed E-state index contributed by atoms with van der Waals surface area (Å²) in [7, 11) is 0. The number of aromatic nitrogens is 2. The molecule has 1 aromatic heterocycles. The van der Waals surface area contributed by atoms with Crippen molar-refractivity contribution in [3.05, 3.63) is 51.0 Å². The molecular formula is C17H13ClN4O4. The molecule has 0 saturated carbocycles. The predicted molar refractivity (Wildman–Crippen MR) is 96.8 cm³/mol. The second-order valence-electron chi connectivity index (χ2n) is 5.69. The van der Waals surface area contributed by atoms with E-state index in [1.54, 1.807) is 0 Å². The lowest BCUT2D eigenvalue weighted by atomic mass is 10.0. The summed E-state index contributed by atoms with van der Waals surface area (Å²) in [5.41, 5.74) is 7.95. The normalized spacial score (nSPS) is 12.3. The minimum absolute atomic E-state index is 0.183. The van der Waals surface area contributed by atoms with Crippen molar-refractivity contribution in [2.75, 3.05) is 17.8 Å². The lowest BCUT2D eigenvalue weighted by Crippen LogP contribution is -2.15. The number of aromatic amines is 1. The number of nitrogens with one attached hydrogen (secondary N) is 2. The molecule has 0 aliphatic carbocycles. The lowest BCUT2D eigenvalue weighted by molar-refractivity contribution is -0.105. The minimum atomic E-state index is -0.521. The van der Waals surface area contributed by atoms with Gasteiger partial charge in [-0.05, 0) is 23.8 Å². The molecule has 1 aliphatic rings. The molecule has 0 atom stereocenters. The number of carbonyl (C=O) groups is 1. The number of nitrogens with zero attached hydrogens (tertiary/aromatic N) is 1. The molecule has 0 fully saturated rings. The number of benzene rings is 2. The molecule has 0 unspecified atom stereocenters. The van der Waals surface area contributed by atoms with Gasteiger partial charge in [0, 0.05) is 17.5 Å². The standard InChI is InChI=1S/C17H13ClN4O4/c18-15-11(20-6-23)5-10-14(16(15)19)9(21-17(24)22-10)3-8-1-2-12-13(4-8)26-7-25-12/h1-2,4-6H,3,7,19H2,(H,20,23)(H,21,22,24). The van der Waals surface area contributed by atoms with Gasteiger partial charge in [0.25, 0.3) is 0 Å². The average molecular weight is 373 g/mol. The van der Waals surface area contributed by atoms with E-state index in [0.29, 0.717) is 46.6 Å². The summed E-state index contributed by atoms with van der Waals surface area (Å²) in [6.45, 7) is 0.183. The van der Waals surface area contributed by atoms with Gasteiger partial charge in [0.2, 0.25) is 13.2 Å². The fraction of sp³-hybridized carbons (Fsp3) is 0.118. The van der Waals surface area contributed by atoms with Crippen LogP contribution < -0.4 is 26.2 Å². The third-order valence-corrected chi connectivity index (χ3v) is 4.50. The zero-order valence-electron chi connectivity index (χ0n) is 13.3. The molecule has 0 radical (unpaired) electrons. The number of nitrogens with two attached hydrogens (primary N) is 1. The fourth-order valence-corrected chi connectivity index (χ4v) is 3.16. The van der Waals surface area contributed by atoms with Crippen LogP contribution in [0.15, 0.2) is 29.1 Å². The monoisotopic (exact) mass is 372 g/mol. The molecule has 2 aromatic carbocycles. The van der Waals surface area contributed by atoms with Crippen LogP contribution in [-0.2, 0) is 11.2 Å². The van der Waals surface area contributed by atoms with Crippen LogP contribution in [0.25, 0.3) is 10.9 Å². The number of fused-ring (bicyclic) bond motifs is 2. The van der Waals surface area contributed by atoms with Gasteiger partial charge in [-0.25, -0.2) is 4.79 Å². The fourth-order valence-electron chi connectivity index (χ4n) is 2.96. The first-order valence-corrected chi connectivity index (χ1v) is 8.04. The van der Waals surface area contributed by atoms with Crippen LogP contribution in [0.3, 0.4) is 0 Å². The van der Waals surface area contributed by atoms with E-state index in [4.69, 9.17) is 26.8 Å². The number of halogens is 1. The Bertz CT molecular complexity index is 1100. The molecule has 4 rings (SSSR count). The molecule has 132 valence electrons. The van der Waals surface area contributed by atoms with E-state index >= 15 is 0 Å². The van der Waals surface area contributed by atoms with Gasteiger partial charge in [-0.2, -0.15) is 4.98 Å². The number of hydrogen-bond acceptors (Lipinski definition) is 6. The first kappa shape index (κ1) is 16.2. The van der Waals surface area contributed by atoms with Gasteiger partial charge in [0.15, 0.2) is 11.5 Å². The highest BCUT2D eigenvalue weighted by atomic mass is 35.5. The van der Waals surface area contributed by atoms with Crippen LogP contribution in [0.2, 0.25) is 5.02 Å². The minimum Gasteiger partial charge on any atom is -0.454 e. The van der Waals surface area contributed by atoms with Crippen molar-refractivity contribution in [2.24, 2.45) is 0 Å². The van der Waals surface area contributed by atoms with E-state index < -0.39 is 5.69 Å². The number of H-pyrrole nitrogens is 1. The SMILES string of the molecule is Nc1c(Cl)c(NC=O)cc2nc(=O)[nH]c(Cc3ccc4c(c3)OCO4)c12. The molecule has 8 nitrogen and oxygen atoms in total. The van der Waals surface area contributed by atoms with Crippen molar-refractivity contribution in [1.29, 1.82) is 0 Å². The molecule has 2 heterocycles. The molecule has 3 aromatic rings. The smallest absolute Gasteiger partial charge is 0.345 e. The highest BCUT2D eigenvalue weighted by Crippen LogP contribution is 2.37. The number of rotatable bonds is 4. The Morgan fingerprint density at radius 2 is 2.12 bits per heavy atom. The first-order chi connectivity index (χ1) is 12.6. The molecule has 0 saturated heterocycles. The van der Waals surface area contributed by atoms with Crippen molar-refractivity contribution in [3.8, 4) is 11.5 Å². The Balaban J connectivity index is 1.85. The summed E-state index contributed by atoms with van der Waals surface area (Å²) in [5, 5.41) is 3.17. The lowest BCUT2D eigenvalue weighted by Gasteiger charge is -2.13. The Morgan fingerprint density at radius 1 is 1.31 bits per heavy atom. The van der Waals surface area contributed by atoms with Gasteiger partial charge < -0.3 is 25.5 Å². The van der Waals surface area contributed by atoms with Crippen LogP contribution in [-0.4, -0.2) is 23.2 Å². The van der Waals surface area contributed by atoms with Crippen LogP contribution in [0.5, 0.6) is 11.5 Å². The average Bonchev–Trinajstić information content (AvgIpc) is 3.07. The van der Waals surface area contributed by atoms with E-state index in [0.717, 1.165) is 5.56 Å². The predicted octanol–water partition coefficient (Wildman–Crippen LogP) is 2.05. The zero-order chi connectivity index (χ0) is 18.3. The van der Waals surface area contributed by atoms with Crippen molar-refractivity contribution >= 4 is 40.3 Å². The molecule has 0 bridgehead atoms. The van der Waals surface area contributed by atoms with E-state index in [2.05, 4.69) is 15.3 Å². The van der Waals surface area contributed by atoms with Gasteiger partial charge >= 0.3 is 5.69 Å². The summed E-state index contributed by atoms with van der Waals surface area (Å²) >= 11 is 6.24. The molecule has 1 aliphatic heterocycles. The van der Waals surface area contributed by atoms with E-state index in [-0.39, 0.29) is 17.5 Å². The summed E-state index contributed by atoms with van der Waals surface area (Å²) in [6.07, 6.45) is 0.860. The van der Waals surface area contributed by atoms with Gasteiger partial charge in [-0.1, -0.05) is 17.7 Å².